The van der Waals surface area contributed by atoms with Crippen LogP contribution in [0.3, 0.4) is 0 Å². The van der Waals surface area contributed by atoms with Gasteiger partial charge >= 0.3 is 5.97 Å². The minimum atomic E-state index is -0.357. The Hall–Kier alpha value is -2.15. The summed E-state index contributed by atoms with van der Waals surface area (Å²) in [6.45, 7) is 0. The number of hydrogen-bond donors (Lipinski definition) is 0. The molecule has 17 heavy (non-hydrogen) atoms. The number of benzene rings is 1. The van der Waals surface area contributed by atoms with E-state index < -0.39 is 0 Å². The molecule has 0 saturated heterocycles. The predicted molar refractivity (Wildman–Crippen MR) is 63.1 cm³/mol. The first-order chi connectivity index (χ1) is 8.21. The van der Waals surface area contributed by atoms with E-state index in [0.717, 1.165) is 0 Å². The summed E-state index contributed by atoms with van der Waals surface area (Å²) in [5, 5.41) is 0. The molecule has 0 saturated carbocycles. The van der Waals surface area contributed by atoms with E-state index in [1.54, 1.807) is 32.4 Å². The molecule has 0 N–H and O–H groups in total. The highest BCUT2D eigenvalue weighted by Gasteiger charge is 2.02. The van der Waals surface area contributed by atoms with Crippen LogP contribution in [0.15, 0.2) is 18.2 Å². The minimum absolute atomic E-state index is 0.0612. The number of methoxy groups -OCH3 is 3. The van der Waals surface area contributed by atoms with E-state index in [4.69, 9.17) is 9.47 Å². The summed E-state index contributed by atoms with van der Waals surface area (Å²) in [7, 11) is 4.47. The maximum Gasteiger partial charge on any atom is 0.317 e. The average Bonchev–Trinajstić information content (AvgIpc) is 2.38. The van der Waals surface area contributed by atoms with Gasteiger partial charge in [0.15, 0.2) is 0 Å². The standard InChI is InChI=1S/C13H14O4/c1-15-11-8-7-10(12(9-11)16-2)5-4-6-13(14)17-3/h7-9H,6H2,1-3H3. The second-order valence-corrected chi connectivity index (χ2v) is 3.12. The van der Waals surface area contributed by atoms with Crippen molar-refractivity contribution >= 4 is 5.97 Å². The van der Waals surface area contributed by atoms with Crippen LogP contribution in [0.5, 0.6) is 11.5 Å². The number of hydrogen-bond acceptors (Lipinski definition) is 4. The van der Waals surface area contributed by atoms with E-state index in [-0.39, 0.29) is 12.4 Å². The Morgan fingerprint density at radius 2 is 2.00 bits per heavy atom. The van der Waals surface area contributed by atoms with E-state index in [9.17, 15) is 4.79 Å². The molecule has 1 aromatic carbocycles. The Kier molecular flexibility index (Phi) is 4.89. The zero-order valence-corrected chi connectivity index (χ0v) is 10.1. The number of ether oxygens (including phenoxy) is 3. The van der Waals surface area contributed by atoms with Crippen molar-refractivity contribution in [3.63, 3.8) is 0 Å². The maximum absolute atomic E-state index is 10.9. The van der Waals surface area contributed by atoms with Crippen molar-refractivity contribution in [1.29, 1.82) is 0 Å². The third-order valence-corrected chi connectivity index (χ3v) is 2.09. The van der Waals surface area contributed by atoms with Gasteiger partial charge in [0.05, 0.1) is 26.9 Å². The topological polar surface area (TPSA) is 44.8 Å². The fraction of sp³-hybridized carbons (Fsp3) is 0.308. The zero-order chi connectivity index (χ0) is 12.7. The summed E-state index contributed by atoms with van der Waals surface area (Å²) in [6, 6.07) is 5.30. The molecule has 0 spiro atoms. The van der Waals surface area contributed by atoms with Crippen LogP contribution in [0.4, 0.5) is 0 Å². The van der Waals surface area contributed by atoms with Crippen LogP contribution in [0.2, 0.25) is 0 Å². The zero-order valence-electron chi connectivity index (χ0n) is 10.1. The fourth-order valence-electron chi connectivity index (χ4n) is 1.19. The summed E-state index contributed by atoms with van der Waals surface area (Å²) >= 11 is 0. The van der Waals surface area contributed by atoms with E-state index in [0.29, 0.717) is 17.1 Å². The van der Waals surface area contributed by atoms with Crippen LogP contribution >= 0.6 is 0 Å². The molecule has 4 nitrogen and oxygen atoms in total. The summed E-state index contributed by atoms with van der Waals surface area (Å²) < 4.78 is 14.7. The van der Waals surface area contributed by atoms with Gasteiger partial charge in [-0.1, -0.05) is 11.8 Å². The quantitative estimate of drug-likeness (QED) is 0.589. The fourth-order valence-corrected chi connectivity index (χ4v) is 1.19. The lowest BCUT2D eigenvalue weighted by atomic mass is 10.2. The minimum Gasteiger partial charge on any atom is -0.497 e. The largest absolute Gasteiger partial charge is 0.497 e. The second-order valence-electron chi connectivity index (χ2n) is 3.12. The summed E-state index contributed by atoms with van der Waals surface area (Å²) in [5.41, 5.74) is 0.706. The van der Waals surface area contributed by atoms with Crippen LogP contribution in [-0.4, -0.2) is 27.3 Å². The first-order valence-corrected chi connectivity index (χ1v) is 4.99. The predicted octanol–water partition coefficient (Wildman–Crippen LogP) is 1.62. The highest BCUT2D eigenvalue weighted by molar-refractivity contribution is 5.72. The highest BCUT2D eigenvalue weighted by Crippen LogP contribution is 2.23. The molecule has 90 valence electrons. The van der Waals surface area contributed by atoms with Crippen LogP contribution in [-0.2, 0) is 9.53 Å². The molecule has 0 aliphatic heterocycles. The third-order valence-electron chi connectivity index (χ3n) is 2.09. The van der Waals surface area contributed by atoms with Crippen molar-refractivity contribution in [2.75, 3.05) is 21.3 Å². The Morgan fingerprint density at radius 1 is 1.24 bits per heavy atom. The second kappa shape index (κ2) is 6.44. The molecular weight excluding hydrogens is 220 g/mol. The molecule has 0 fully saturated rings. The van der Waals surface area contributed by atoms with Gasteiger partial charge in [0.1, 0.15) is 17.9 Å². The molecule has 4 heteroatoms. The number of rotatable bonds is 3. The monoisotopic (exact) mass is 234 g/mol. The van der Waals surface area contributed by atoms with Crippen molar-refractivity contribution < 1.29 is 19.0 Å². The first kappa shape index (κ1) is 12.9. The van der Waals surface area contributed by atoms with E-state index >= 15 is 0 Å². The lowest BCUT2D eigenvalue weighted by Gasteiger charge is -2.05. The Labute approximate surface area is 100 Å². The number of carbonyl (C=O) groups is 1. The van der Waals surface area contributed by atoms with Crippen molar-refractivity contribution in [2.24, 2.45) is 0 Å². The molecule has 0 bridgehead atoms. The van der Waals surface area contributed by atoms with Crippen molar-refractivity contribution in [1.82, 2.24) is 0 Å². The molecule has 0 aliphatic carbocycles. The van der Waals surface area contributed by atoms with Crippen molar-refractivity contribution in [3.05, 3.63) is 23.8 Å². The lowest BCUT2D eigenvalue weighted by Crippen LogP contribution is -1.97. The van der Waals surface area contributed by atoms with E-state index in [2.05, 4.69) is 16.6 Å². The number of carbonyl (C=O) groups excluding carboxylic acids is 1. The Morgan fingerprint density at radius 3 is 2.59 bits per heavy atom. The van der Waals surface area contributed by atoms with Gasteiger partial charge in [0.2, 0.25) is 0 Å². The molecule has 0 amide bonds. The van der Waals surface area contributed by atoms with Crippen molar-refractivity contribution in [3.8, 4) is 23.3 Å². The van der Waals surface area contributed by atoms with Gasteiger partial charge in [-0.25, -0.2) is 0 Å². The van der Waals surface area contributed by atoms with Crippen LogP contribution in [0.1, 0.15) is 12.0 Å². The van der Waals surface area contributed by atoms with Gasteiger partial charge in [0, 0.05) is 6.07 Å². The normalized spacial score (nSPS) is 8.88. The third kappa shape index (κ3) is 3.72. The Bertz CT molecular complexity index is 454. The summed E-state index contributed by atoms with van der Waals surface area (Å²) in [6.07, 6.45) is 0.0612. The van der Waals surface area contributed by atoms with Gasteiger partial charge in [-0.3, -0.25) is 4.79 Å². The smallest absolute Gasteiger partial charge is 0.317 e. The molecule has 0 heterocycles. The molecule has 0 unspecified atom stereocenters. The summed E-state index contributed by atoms with van der Waals surface area (Å²) in [5.74, 6) is 6.52. The van der Waals surface area contributed by atoms with Gasteiger partial charge in [-0.2, -0.15) is 0 Å². The number of esters is 1. The average molecular weight is 234 g/mol. The lowest BCUT2D eigenvalue weighted by molar-refractivity contribution is -0.139. The molecule has 0 radical (unpaired) electrons. The van der Waals surface area contributed by atoms with Crippen LogP contribution < -0.4 is 9.47 Å². The highest BCUT2D eigenvalue weighted by atomic mass is 16.5. The molecule has 0 aliphatic rings. The van der Waals surface area contributed by atoms with E-state index in [1.807, 2.05) is 0 Å². The van der Waals surface area contributed by atoms with Gasteiger partial charge in [0.25, 0.3) is 0 Å². The van der Waals surface area contributed by atoms with E-state index in [1.165, 1.54) is 7.11 Å². The maximum atomic E-state index is 10.9. The summed E-state index contributed by atoms with van der Waals surface area (Å²) in [4.78, 5) is 10.9. The van der Waals surface area contributed by atoms with Gasteiger partial charge in [-0.05, 0) is 12.1 Å². The molecule has 1 aromatic rings. The molecule has 0 aromatic heterocycles. The molecule has 1 rings (SSSR count). The SMILES string of the molecule is COC(=O)CC#Cc1ccc(OC)cc1OC. The molecular formula is C13H14O4. The van der Waals surface area contributed by atoms with Crippen LogP contribution in [0.25, 0.3) is 0 Å². The first-order valence-electron chi connectivity index (χ1n) is 4.99. The van der Waals surface area contributed by atoms with Crippen molar-refractivity contribution in [2.45, 2.75) is 6.42 Å². The molecule has 0 atom stereocenters. The van der Waals surface area contributed by atoms with Gasteiger partial charge < -0.3 is 14.2 Å². The Balaban J connectivity index is 2.86. The van der Waals surface area contributed by atoms with Gasteiger partial charge in [-0.15, -0.1) is 0 Å². The van der Waals surface area contributed by atoms with Crippen LogP contribution in [0, 0.1) is 11.8 Å².